The van der Waals surface area contributed by atoms with Crippen LogP contribution in [-0.2, 0) is 6.54 Å². The van der Waals surface area contributed by atoms with Gasteiger partial charge in [-0.05, 0) is 55.9 Å². The summed E-state index contributed by atoms with van der Waals surface area (Å²) in [4.78, 5) is 11.0. The van der Waals surface area contributed by atoms with Gasteiger partial charge in [-0.2, -0.15) is 0 Å². The highest BCUT2D eigenvalue weighted by atomic mass is 79.9. The normalized spacial score (nSPS) is 13.3. The average molecular weight is 341 g/mol. The van der Waals surface area contributed by atoms with E-state index in [2.05, 4.69) is 41.4 Å². The van der Waals surface area contributed by atoms with E-state index in [4.69, 9.17) is 5.11 Å². The van der Waals surface area contributed by atoms with E-state index in [9.17, 15) is 0 Å². The van der Waals surface area contributed by atoms with E-state index in [0.29, 0.717) is 0 Å². The van der Waals surface area contributed by atoms with Crippen LogP contribution in [0, 0.1) is 6.92 Å². The van der Waals surface area contributed by atoms with Crippen molar-refractivity contribution in [2.45, 2.75) is 32.9 Å². The van der Waals surface area contributed by atoms with Gasteiger partial charge in [0.05, 0.1) is 12.1 Å². The lowest BCUT2D eigenvalue weighted by molar-refractivity contribution is 0.156. The molecular weight excluding hydrogens is 320 g/mol. The summed E-state index contributed by atoms with van der Waals surface area (Å²) in [7, 11) is 2.04. The van der Waals surface area contributed by atoms with Gasteiger partial charge in [0.15, 0.2) is 5.65 Å². The summed E-state index contributed by atoms with van der Waals surface area (Å²) in [5.74, 6) is 0.989. The minimum Gasteiger partial charge on any atom is -0.395 e. The number of halogens is 1. The number of aryl methyl sites for hydroxylation is 2. The molecule has 2 aromatic rings. The Morgan fingerprint density at radius 2 is 2.25 bits per heavy atom. The van der Waals surface area contributed by atoms with E-state index in [1.54, 1.807) is 6.20 Å². The van der Waals surface area contributed by atoms with Crippen molar-refractivity contribution in [1.82, 2.24) is 19.4 Å². The third-order valence-electron chi connectivity index (χ3n) is 3.67. The molecule has 0 aliphatic rings. The van der Waals surface area contributed by atoms with Crippen LogP contribution >= 0.6 is 15.9 Å². The molecule has 0 aliphatic carbocycles. The van der Waals surface area contributed by atoms with Crippen LogP contribution in [0.1, 0.15) is 19.2 Å². The van der Waals surface area contributed by atoms with Gasteiger partial charge in [0.25, 0.3) is 0 Å². The monoisotopic (exact) mass is 340 g/mol. The van der Waals surface area contributed by atoms with Crippen LogP contribution in [0.2, 0.25) is 0 Å². The maximum atomic E-state index is 9.13. The second-order valence-electron chi connectivity index (χ2n) is 5.17. The largest absolute Gasteiger partial charge is 0.395 e. The standard InChI is InChI=1S/C14H21BrN4O/c1-10(9-20)18(3)5-4-6-19-11(2)17-14-13(19)7-12(15)8-16-14/h7-8,10,20H,4-6,9H2,1-3H3/t10-/m1/s1. The second kappa shape index (κ2) is 6.65. The van der Waals surface area contributed by atoms with Crippen LogP contribution < -0.4 is 0 Å². The van der Waals surface area contributed by atoms with E-state index < -0.39 is 0 Å². The quantitative estimate of drug-likeness (QED) is 0.875. The number of likely N-dealkylation sites (N-methyl/N-ethyl adjacent to an activating group) is 1. The van der Waals surface area contributed by atoms with Gasteiger partial charge in [0, 0.05) is 23.3 Å². The maximum absolute atomic E-state index is 9.13. The molecule has 6 heteroatoms. The summed E-state index contributed by atoms with van der Waals surface area (Å²) in [5, 5.41) is 9.13. The highest BCUT2D eigenvalue weighted by Crippen LogP contribution is 2.19. The van der Waals surface area contributed by atoms with Crippen molar-refractivity contribution in [3.63, 3.8) is 0 Å². The van der Waals surface area contributed by atoms with E-state index in [1.165, 1.54) is 0 Å². The number of pyridine rings is 1. The first-order valence-corrected chi connectivity index (χ1v) is 7.61. The van der Waals surface area contributed by atoms with Gasteiger partial charge in [0.1, 0.15) is 5.82 Å². The fourth-order valence-corrected chi connectivity index (χ4v) is 2.53. The molecule has 0 saturated heterocycles. The van der Waals surface area contributed by atoms with Crippen LogP contribution in [0.5, 0.6) is 0 Å². The van der Waals surface area contributed by atoms with Crippen LogP contribution in [0.25, 0.3) is 11.2 Å². The number of rotatable bonds is 6. The zero-order valence-corrected chi connectivity index (χ0v) is 13.8. The highest BCUT2D eigenvalue weighted by Gasteiger charge is 2.10. The molecule has 110 valence electrons. The molecule has 0 aliphatic heterocycles. The summed E-state index contributed by atoms with van der Waals surface area (Å²) in [5.41, 5.74) is 1.86. The molecule has 0 radical (unpaired) electrons. The van der Waals surface area contributed by atoms with Gasteiger partial charge in [-0.3, -0.25) is 0 Å². The molecule has 20 heavy (non-hydrogen) atoms. The molecule has 0 aromatic carbocycles. The first-order valence-electron chi connectivity index (χ1n) is 6.82. The van der Waals surface area contributed by atoms with Crippen molar-refractivity contribution >= 4 is 27.1 Å². The van der Waals surface area contributed by atoms with Crippen molar-refractivity contribution in [2.24, 2.45) is 0 Å². The van der Waals surface area contributed by atoms with Crippen LogP contribution in [0.4, 0.5) is 0 Å². The van der Waals surface area contributed by atoms with Gasteiger partial charge in [-0.15, -0.1) is 0 Å². The molecule has 0 unspecified atom stereocenters. The first kappa shape index (κ1) is 15.4. The number of hydrogen-bond acceptors (Lipinski definition) is 4. The molecule has 5 nitrogen and oxygen atoms in total. The highest BCUT2D eigenvalue weighted by molar-refractivity contribution is 9.10. The molecule has 0 amide bonds. The SMILES string of the molecule is Cc1nc2ncc(Br)cc2n1CCCN(C)[C@H](C)CO. The number of fused-ring (bicyclic) bond motifs is 1. The van der Waals surface area contributed by atoms with Gasteiger partial charge >= 0.3 is 0 Å². The second-order valence-corrected chi connectivity index (χ2v) is 6.09. The summed E-state index contributed by atoms with van der Waals surface area (Å²) < 4.78 is 3.17. The number of aromatic nitrogens is 3. The molecule has 0 saturated carbocycles. The molecule has 1 atom stereocenters. The van der Waals surface area contributed by atoms with Gasteiger partial charge in [-0.1, -0.05) is 0 Å². The van der Waals surface area contributed by atoms with Crippen LogP contribution in [-0.4, -0.2) is 50.8 Å². The lowest BCUT2D eigenvalue weighted by atomic mass is 10.3. The topological polar surface area (TPSA) is 54.2 Å². The number of aliphatic hydroxyl groups is 1. The number of hydrogen-bond donors (Lipinski definition) is 1. The Kier molecular flexibility index (Phi) is 5.12. The Balaban J connectivity index is 2.06. The molecule has 2 aromatic heterocycles. The summed E-state index contributed by atoms with van der Waals surface area (Å²) in [6.45, 7) is 6.08. The Morgan fingerprint density at radius 1 is 1.50 bits per heavy atom. The minimum absolute atomic E-state index is 0.195. The molecule has 0 bridgehead atoms. The molecular formula is C14H21BrN4O. The first-order chi connectivity index (χ1) is 9.52. The fourth-order valence-electron chi connectivity index (χ4n) is 2.21. The number of nitrogens with zero attached hydrogens (tertiary/aromatic N) is 4. The van der Waals surface area contributed by atoms with E-state index in [-0.39, 0.29) is 12.6 Å². The van der Waals surface area contributed by atoms with Crippen molar-refractivity contribution in [3.8, 4) is 0 Å². The molecule has 1 N–H and O–H groups in total. The molecule has 2 rings (SSSR count). The van der Waals surface area contributed by atoms with Gasteiger partial charge < -0.3 is 14.6 Å². The van der Waals surface area contributed by atoms with Crippen molar-refractivity contribution in [2.75, 3.05) is 20.2 Å². The third kappa shape index (κ3) is 3.37. The summed E-state index contributed by atoms with van der Waals surface area (Å²) >= 11 is 3.46. The number of imidazole rings is 1. The molecule has 0 spiro atoms. The lowest BCUT2D eigenvalue weighted by Crippen LogP contribution is -2.33. The van der Waals surface area contributed by atoms with E-state index in [0.717, 1.165) is 41.0 Å². The van der Waals surface area contributed by atoms with Crippen molar-refractivity contribution < 1.29 is 5.11 Å². The van der Waals surface area contributed by atoms with Gasteiger partial charge in [-0.25, -0.2) is 9.97 Å². The Labute approximate surface area is 127 Å². The number of aliphatic hydroxyl groups excluding tert-OH is 1. The van der Waals surface area contributed by atoms with E-state index in [1.807, 2.05) is 20.9 Å². The predicted octanol–water partition coefficient (Wildman–Crippen LogP) is 2.20. The van der Waals surface area contributed by atoms with Crippen LogP contribution in [0.3, 0.4) is 0 Å². The predicted molar refractivity (Wildman–Crippen MR) is 83.8 cm³/mol. The Bertz CT molecular complexity index is 584. The Hall–Kier alpha value is -0.980. The zero-order valence-electron chi connectivity index (χ0n) is 12.2. The van der Waals surface area contributed by atoms with Gasteiger partial charge in [0.2, 0.25) is 0 Å². The zero-order chi connectivity index (χ0) is 14.7. The maximum Gasteiger partial charge on any atom is 0.177 e. The fraction of sp³-hybridized carbons (Fsp3) is 0.571. The lowest BCUT2D eigenvalue weighted by Gasteiger charge is -2.22. The van der Waals surface area contributed by atoms with Crippen LogP contribution in [0.15, 0.2) is 16.7 Å². The summed E-state index contributed by atoms with van der Waals surface area (Å²) in [6, 6.07) is 2.26. The molecule has 2 heterocycles. The third-order valence-corrected chi connectivity index (χ3v) is 4.11. The van der Waals surface area contributed by atoms with E-state index >= 15 is 0 Å². The van der Waals surface area contributed by atoms with Crippen molar-refractivity contribution in [1.29, 1.82) is 0 Å². The Morgan fingerprint density at radius 3 is 2.95 bits per heavy atom. The minimum atomic E-state index is 0.195. The summed E-state index contributed by atoms with van der Waals surface area (Å²) in [6.07, 6.45) is 2.79. The van der Waals surface area contributed by atoms with Crippen molar-refractivity contribution in [3.05, 3.63) is 22.6 Å². The smallest absolute Gasteiger partial charge is 0.177 e. The average Bonchev–Trinajstić information content (AvgIpc) is 2.73. The molecule has 0 fully saturated rings.